The van der Waals surface area contributed by atoms with Crippen LogP contribution in [0.1, 0.15) is 67.9 Å². The van der Waals surface area contributed by atoms with E-state index in [-0.39, 0.29) is 40.3 Å². The maximum atomic E-state index is 13.3. The smallest absolute Gasteiger partial charge is 0.348 e. The Balaban J connectivity index is 2.44. The average molecular weight is 419 g/mol. The predicted octanol–water partition coefficient (Wildman–Crippen LogP) is 3.75. The highest BCUT2D eigenvalue weighted by atomic mass is 32.1. The lowest BCUT2D eigenvalue weighted by molar-refractivity contribution is -0.126. The zero-order valence-electron chi connectivity index (χ0n) is 17.8. The van der Waals surface area contributed by atoms with Crippen molar-refractivity contribution in [1.82, 2.24) is 5.32 Å². The van der Waals surface area contributed by atoms with Crippen molar-refractivity contribution >= 4 is 34.8 Å². The van der Waals surface area contributed by atoms with E-state index in [0.29, 0.717) is 10.8 Å². The molecule has 6 nitrogen and oxygen atoms in total. The van der Waals surface area contributed by atoms with Gasteiger partial charge in [0.15, 0.2) is 0 Å². The van der Waals surface area contributed by atoms with Crippen LogP contribution in [0.2, 0.25) is 0 Å². The van der Waals surface area contributed by atoms with Crippen LogP contribution in [-0.4, -0.2) is 36.5 Å². The predicted molar refractivity (Wildman–Crippen MR) is 115 cm³/mol. The minimum absolute atomic E-state index is 0.0321. The van der Waals surface area contributed by atoms with Crippen molar-refractivity contribution < 1.29 is 19.5 Å². The molecule has 158 valence electrons. The van der Waals surface area contributed by atoms with Gasteiger partial charge in [0, 0.05) is 18.4 Å². The van der Waals surface area contributed by atoms with Crippen molar-refractivity contribution in [3.05, 3.63) is 15.8 Å². The molecule has 0 atom stereocenters. The van der Waals surface area contributed by atoms with Gasteiger partial charge in [-0.05, 0) is 58.4 Å². The standard InChI is InChI=1S/C22H30N2O4S/c1-14-6-8-15(9-7-14)20(26)24(13-18(25)23-5)17-12-16(10-11-22(2,3)4)29-19(17)21(27)28/h12,14-15H,6-9,13H2,1-5H3,(H,23,25)(H,27,28)/t14-,15-. The Bertz CT molecular complexity index is 833. The highest BCUT2D eigenvalue weighted by Gasteiger charge is 2.32. The Labute approximate surface area is 176 Å². The molecule has 0 saturated heterocycles. The number of aromatic carboxylic acids is 1. The zero-order valence-corrected chi connectivity index (χ0v) is 18.6. The van der Waals surface area contributed by atoms with E-state index in [0.717, 1.165) is 37.0 Å². The second-order valence-electron chi connectivity index (χ2n) is 8.68. The van der Waals surface area contributed by atoms with Gasteiger partial charge < -0.3 is 15.3 Å². The molecule has 1 aliphatic rings. The van der Waals surface area contributed by atoms with Crippen molar-refractivity contribution in [2.75, 3.05) is 18.5 Å². The van der Waals surface area contributed by atoms with Gasteiger partial charge in [-0.1, -0.05) is 18.8 Å². The molecule has 0 unspecified atom stereocenters. The first-order chi connectivity index (χ1) is 13.5. The van der Waals surface area contributed by atoms with E-state index in [1.165, 1.54) is 11.9 Å². The molecule has 7 heteroatoms. The summed E-state index contributed by atoms with van der Waals surface area (Å²) in [7, 11) is 1.50. The van der Waals surface area contributed by atoms with Gasteiger partial charge in [0.05, 0.1) is 10.6 Å². The molecule has 2 rings (SSSR count). The number of hydrogen-bond acceptors (Lipinski definition) is 4. The number of carboxylic acids is 1. The van der Waals surface area contributed by atoms with Gasteiger partial charge in [0.25, 0.3) is 0 Å². The quantitative estimate of drug-likeness (QED) is 0.713. The summed E-state index contributed by atoms with van der Waals surface area (Å²) in [6.45, 7) is 7.88. The summed E-state index contributed by atoms with van der Waals surface area (Å²) >= 11 is 1.04. The third-order valence-corrected chi connectivity index (χ3v) is 6.00. The lowest BCUT2D eigenvalue weighted by atomic mass is 9.82. The van der Waals surface area contributed by atoms with E-state index in [1.807, 2.05) is 20.8 Å². The molecule has 1 aromatic heterocycles. The van der Waals surface area contributed by atoms with Crippen molar-refractivity contribution in [2.24, 2.45) is 17.3 Å². The molecule has 1 aromatic rings. The molecule has 1 heterocycles. The SMILES string of the molecule is CNC(=O)CN(c1cc(C#CC(C)(C)C)sc1C(=O)O)C(=O)[C@H]1CC[C@H](C)CC1. The normalized spacial score (nSPS) is 19.1. The number of rotatable bonds is 5. The maximum Gasteiger partial charge on any atom is 0.348 e. The molecule has 0 radical (unpaired) electrons. The fourth-order valence-electron chi connectivity index (χ4n) is 3.28. The molecular weight excluding hydrogens is 388 g/mol. The Morgan fingerprint density at radius 3 is 2.38 bits per heavy atom. The number of hydrogen-bond donors (Lipinski definition) is 2. The first kappa shape index (κ1) is 23.0. The van der Waals surface area contributed by atoms with Crippen LogP contribution in [0.4, 0.5) is 5.69 Å². The first-order valence-electron chi connectivity index (χ1n) is 9.94. The van der Waals surface area contributed by atoms with Gasteiger partial charge in [-0.15, -0.1) is 11.3 Å². The van der Waals surface area contributed by atoms with E-state index < -0.39 is 5.97 Å². The van der Waals surface area contributed by atoms with E-state index in [9.17, 15) is 19.5 Å². The molecule has 1 fully saturated rings. The summed E-state index contributed by atoms with van der Waals surface area (Å²) < 4.78 is 0. The van der Waals surface area contributed by atoms with Gasteiger partial charge in [-0.3, -0.25) is 9.59 Å². The van der Waals surface area contributed by atoms with E-state index in [4.69, 9.17) is 0 Å². The van der Waals surface area contributed by atoms with Crippen LogP contribution >= 0.6 is 11.3 Å². The molecule has 29 heavy (non-hydrogen) atoms. The molecule has 0 spiro atoms. The number of nitrogens with zero attached hydrogens (tertiary/aromatic N) is 1. The maximum absolute atomic E-state index is 13.3. The van der Waals surface area contributed by atoms with Gasteiger partial charge in [-0.2, -0.15) is 0 Å². The summed E-state index contributed by atoms with van der Waals surface area (Å²) in [5, 5.41) is 12.2. The lowest BCUT2D eigenvalue weighted by Crippen LogP contribution is -2.44. The van der Waals surface area contributed by atoms with Crippen molar-refractivity contribution in [3.8, 4) is 11.8 Å². The van der Waals surface area contributed by atoms with Gasteiger partial charge in [0.1, 0.15) is 11.4 Å². The van der Waals surface area contributed by atoms with Gasteiger partial charge in [0.2, 0.25) is 11.8 Å². The Hall–Kier alpha value is -2.33. The van der Waals surface area contributed by atoms with Gasteiger partial charge in [-0.25, -0.2) is 4.79 Å². The van der Waals surface area contributed by atoms with Gasteiger partial charge >= 0.3 is 5.97 Å². The number of carbonyl (C=O) groups excluding carboxylic acids is 2. The molecule has 1 aliphatic carbocycles. The van der Waals surface area contributed by atoms with E-state index in [1.54, 1.807) is 6.07 Å². The fourth-order valence-corrected chi connectivity index (χ4v) is 4.13. The Kier molecular flexibility index (Phi) is 7.48. The highest BCUT2D eigenvalue weighted by Crippen LogP contribution is 2.35. The first-order valence-corrected chi connectivity index (χ1v) is 10.8. The molecular formula is C22H30N2O4S. The Morgan fingerprint density at radius 1 is 1.24 bits per heavy atom. The summed E-state index contributed by atoms with van der Waals surface area (Å²) in [4.78, 5) is 39.2. The van der Waals surface area contributed by atoms with Crippen LogP contribution in [0.25, 0.3) is 0 Å². The highest BCUT2D eigenvalue weighted by molar-refractivity contribution is 7.15. The van der Waals surface area contributed by atoms with Crippen LogP contribution in [0, 0.1) is 29.1 Å². The van der Waals surface area contributed by atoms with Crippen LogP contribution < -0.4 is 10.2 Å². The summed E-state index contributed by atoms with van der Waals surface area (Å²) in [6.07, 6.45) is 3.44. The topological polar surface area (TPSA) is 86.7 Å². The lowest BCUT2D eigenvalue weighted by Gasteiger charge is -2.30. The second-order valence-corrected chi connectivity index (χ2v) is 9.74. The zero-order chi connectivity index (χ0) is 21.8. The summed E-state index contributed by atoms with van der Waals surface area (Å²) in [5.74, 6) is 4.85. The molecule has 2 N–H and O–H groups in total. The van der Waals surface area contributed by atoms with E-state index >= 15 is 0 Å². The minimum atomic E-state index is -1.12. The van der Waals surface area contributed by atoms with Crippen LogP contribution in [0.5, 0.6) is 0 Å². The molecule has 0 aliphatic heterocycles. The molecule has 0 aromatic carbocycles. The minimum Gasteiger partial charge on any atom is -0.477 e. The largest absolute Gasteiger partial charge is 0.477 e. The monoisotopic (exact) mass is 418 g/mol. The third-order valence-electron chi connectivity index (χ3n) is 4.97. The number of carboxylic acid groups (broad SMARTS) is 1. The third kappa shape index (κ3) is 6.33. The molecule has 0 bridgehead atoms. The van der Waals surface area contributed by atoms with Crippen molar-refractivity contribution in [3.63, 3.8) is 0 Å². The number of thiophene rings is 1. The number of likely N-dealkylation sites (N-methyl/N-ethyl adjacent to an activating group) is 1. The van der Waals surface area contributed by atoms with Crippen molar-refractivity contribution in [1.29, 1.82) is 0 Å². The number of carbonyl (C=O) groups is 3. The number of amides is 2. The number of anilines is 1. The summed E-state index contributed by atoms with van der Waals surface area (Å²) in [6, 6.07) is 1.62. The van der Waals surface area contributed by atoms with E-state index in [2.05, 4.69) is 24.1 Å². The number of nitrogens with one attached hydrogen (secondary N) is 1. The second kappa shape index (κ2) is 9.45. The molecule has 2 amide bonds. The molecule has 1 saturated carbocycles. The average Bonchev–Trinajstić information content (AvgIpc) is 3.08. The fraction of sp³-hybridized carbons (Fsp3) is 0.591. The van der Waals surface area contributed by atoms with Crippen molar-refractivity contribution in [2.45, 2.75) is 53.4 Å². The Morgan fingerprint density at radius 2 is 1.86 bits per heavy atom. The summed E-state index contributed by atoms with van der Waals surface area (Å²) in [5.41, 5.74) is 0.0251. The van der Waals surface area contributed by atoms with Crippen LogP contribution in [0.15, 0.2) is 6.07 Å². The van der Waals surface area contributed by atoms with Crippen LogP contribution in [0.3, 0.4) is 0 Å². The van der Waals surface area contributed by atoms with Crippen LogP contribution in [-0.2, 0) is 9.59 Å².